The molecule has 0 aliphatic rings. The van der Waals surface area contributed by atoms with E-state index >= 15 is 0 Å². The molecule has 1 nitrogen and oxygen atoms in total. The van der Waals surface area contributed by atoms with Crippen LogP contribution in [0.3, 0.4) is 0 Å². The second kappa shape index (κ2) is 14.4. The van der Waals surface area contributed by atoms with Gasteiger partial charge < -0.3 is 5.32 Å². The monoisotopic (exact) mass is 259 g/mol. The van der Waals surface area contributed by atoms with Crippen LogP contribution in [-0.2, 0) is 0 Å². The average molecular weight is 260 g/mol. The molecule has 17 heavy (non-hydrogen) atoms. The third-order valence-corrected chi connectivity index (χ3v) is 4.13. The van der Waals surface area contributed by atoms with E-state index in [9.17, 15) is 0 Å². The van der Waals surface area contributed by atoms with Gasteiger partial charge in [-0.15, -0.1) is 0 Å². The highest BCUT2D eigenvalue weighted by molar-refractivity contribution is 7.98. The van der Waals surface area contributed by atoms with Crippen LogP contribution in [0, 0.1) is 5.92 Å². The molecule has 104 valence electrons. The van der Waals surface area contributed by atoms with Crippen molar-refractivity contribution in [1.82, 2.24) is 5.32 Å². The van der Waals surface area contributed by atoms with Crippen LogP contribution in [0.4, 0.5) is 0 Å². The Bertz CT molecular complexity index is 139. The largest absolute Gasteiger partial charge is 0.316 e. The van der Waals surface area contributed by atoms with Crippen LogP contribution < -0.4 is 5.32 Å². The van der Waals surface area contributed by atoms with Gasteiger partial charge in [0.15, 0.2) is 0 Å². The van der Waals surface area contributed by atoms with Crippen LogP contribution in [0.5, 0.6) is 0 Å². The topological polar surface area (TPSA) is 12.0 Å². The molecule has 0 saturated carbocycles. The third-order valence-electron chi connectivity index (χ3n) is 3.43. The molecule has 0 spiro atoms. The van der Waals surface area contributed by atoms with E-state index in [2.05, 4.69) is 25.4 Å². The van der Waals surface area contributed by atoms with Gasteiger partial charge in [-0.2, -0.15) is 11.8 Å². The lowest BCUT2D eigenvalue weighted by Crippen LogP contribution is -2.23. The molecule has 0 rings (SSSR count). The highest BCUT2D eigenvalue weighted by Gasteiger charge is 2.04. The fraction of sp³-hybridized carbons (Fsp3) is 1.00. The van der Waals surface area contributed by atoms with Gasteiger partial charge in [-0.05, 0) is 50.3 Å². The maximum Gasteiger partial charge on any atom is -0.00206 e. The van der Waals surface area contributed by atoms with Crippen LogP contribution in [-0.4, -0.2) is 25.1 Å². The van der Waals surface area contributed by atoms with Gasteiger partial charge in [0.25, 0.3) is 0 Å². The van der Waals surface area contributed by atoms with Crippen LogP contribution in [0.15, 0.2) is 0 Å². The molecule has 0 fully saturated rings. The van der Waals surface area contributed by atoms with E-state index in [0.717, 1.165) is 5.92 Å². The summed E-state index contributed by atoms with van der Waals surface area (Å²) in [6.45, 7) is 7.07. The first-order chi connectivity index (χ1) is 8.35. The molecule has 0 aromatic heterocycles. The van der Waals surface area contributed by atoms with Crippen LogP contribution >= 0.6 is 11.8 Å². The van der Waals surface area contributed by atoms with E-state index in [4.69, 9.17) is 0 Å². The average Bonchev–Trinajstić information content (AvgIpc) is 2.36. The summed E-state index contributed by atoms with van der Waals surface area (Å²) in [5.41, 5.74) is 0. The normalized spacial score (nSPS) is 12.9. The Morgan fingerprint density at radius 3 is 2.41 bits per heavy atom. The van der Waals surface area contributed by atoms with E-state index < -0.39 is 0 Å². The highest BCUT2D eigenvalue weighted by Crippen LogP contribution is 2.11. The second-order valence-electron chi connectivity index (χ2n) is 5.03. The van der Waals surface area contributed by atoms with Gasteiger partial charge in [-0.25, -0.2) is 0 Å². The van der Waals surface area contributed by atoms with Crippen LogP contribution in [0.25, 0.3) is 0 Å². The minimum Gasteiger partial charge on any atom is -0.316 e. The van der Waals surface area contributed by atoms with Crippen LogP contribution in [0.2, 0.25) is 0 Å². The quantitative estimate of drug-likeness (QED) is 0.481. The van der Waals surface area contributed by atoms with Crippen molar-refractivity contribution in [1.29, 1.82) is 0 Å². The van der Waals surface area contributed by atoms with Crippen molar-refractivity contribution >= 4 is 11.8 Å². The van der Waals surface area contributed by atoms with Crippen molar-refractivity contribution in [2.75, 3.05) is 25.1 Å². The number of rotatable bonds is 13. The molecule has 0 saturated heterocycles. The van der Waals surface area contributed by atoms with E-state index in [1.54, 1.807) is 0 Å². The summed E-state index contributed by atoms with van der Waals surface area (Å²) in [4.78, 5) is 0. The second-order valence-corrected chi connectivity index (χ2v) is 6.01. The first-order valence-electron chi connectivity index (χ1n) is 7.54. The van der Waals surface area contributed by atoms with Gasteiger partial charge in [0, 0.05) is 0 Å². The van der Waals surface area contributed by atoms with E-state index in [-0.39, 0.29) is 0 Å². The zero-order valence-electron chi connectivity index (χ0n) is 12.3. The number of thioether (sulfide) groups is 1. The summed E-state index contributed by atoms with van der Waals surface area (Å²) in [7, 11) is 0. The Labute approximate surface area is 114 Å². The molecule has 2 heteroatoms. The first kappa shape index (κ1) is 17.3. The fourth-order valence-electron chi connectivity index (χ4n) is 2.10. The van der Waals surface area contributed by atoms with E-state index in [1.807, 2.05) is 11.8 Å². The van der Waals surface area contributed by atoms with Crippen molar-refractivity contribution in [2.24, 2.45) is 5.92 Å². The summed E-state index contributed by atoms with van der Waals surface area (Å²) in [6.07, 6.45) is 13.3. The first-order valence-corrected chi connectivity index (χ1v) is 8.94. The zero-order valence-corrected chi connectivity index (χ0v) is 13.1. The molecule has 1 unspecified atom stereocenters. The van der Waals surface area contributed by atoms with Crippen molar-refractivity contribution in [3.63, 3.8) is 0 Å². The standard InChI is InChI=1S/C15H33NS/c1-4-6-11-15(5-2)14-16-12-9-7-8-10-13-17-3/h15-16H,4-14H2,1-3H3. The van der Waals surface area contributed by atoms with Gasteiger partial charge in [0.05, 0.1) is 0 Å². The maximum absolute atomic E-state index is 3.63. The lowest BCUT2D eigenvalue weighted by molar-refractivity contribution is 0.416. The predicted molar refractivity (Wildman–Crippen MR) is 83.0 cm³/mol. The Morgan fingerprint density at radius 2 is 1.76 bits per heavy atom. The molecule has 0 aliphatic heterocycles. The van der Waals surface area contributed by atoms with Crippen LogP contribution in [0.1, 0.15) is 65.2 Å². The molecule has 0 aromatic carbocycles. The molecular formula is C15H33NS. The maximum atomic E-state index is 3.63. The lowest BCUT2D eigenvalue weighted by atomic mass is 9.99. The van der Waals surface area contributed by atoms with Crippen molar-refractivity contribution in [3.8, 4) is 0 Å². The summed E-state index contributed by atoms with van der Waals surface area (Å²) in [5, 5.41) is 3.63. The van der Waals surface area contributed by atoms with Crippen molar-refractivity contribution in [2.45, 2.75) is 65.2 Å². The van der Waals surface area contributed by atoms with Gasteiger partial charge in [0.2, 0.25) is 0 Å². The van der Waals surface area contributed by atoms with E-state index in [1.165, 1.54) is 70.2 Å². The molecule has 0 bridgehead atoms. The summed E-state index contributed by atoms with van der Waals surface area (Å²) < 4.78 is 0. The number of hydrogen-bond acceptors (Lipinski definition) is 2. The Balaban J connectivity index is 3.19. The predicted octanol–water partition coefficient (Wildman–Crippen LogP) is 4.72. The minimum absolute atomic E-state index is 0.909. The molecule has 0 aliphatic carbocycles. The fourth-order valence-corrected chi connectivity index (χ4v) is 2.59. The molecule has 0 amide bonds. The highest BCUT2D eigenvalue weighted by atomic mass is 32.2. The number of nitrogens with one attached hydrogen (secondary N) is 1. The Kier molecular flexibility index (Phi) is 14.6. The van der Waals surface area contributed by atoms with E-state index in [0.29, 0.717) is 0 Å². The zero-order chi connectivity index (χ0) is 12.8. The van der Waals surface area contributed by atoms with Crippen molar-refractivity contribution in [3.05, 3.63) is 0 Å². The summed E-state index contributed by atoms with van der Waals surface area (Å²) in [5.74, 6) is 2.24. The van der Waals surface area contributed by atoms with Crippen molar-refractivity contribution < 1.29 is 0 Å². The lowest BCUT2D eigenvalue weighted by Gasteiger charge is -2.15. The molecule has 0 heterocycles. The van der Waals surface area contributed by atoms with Gasteiger partial charge in [-0.1, -0.05) is 46.0 Å². The van der Waals surface area contributed by atoms with Gasteiger partial charge in [-0.3, -0.25) is 0 Å². The minimum atomic E-state index is 0.909. The van der Waals surface area contributed by atoms with Gasteiger partial charge >= 0.3 is 0 Å². The number of unbranched alkanes of at least 4 members (excludes halogenated alkanes) is 4. The summed E-state index contributed by atoms with van der Waals surface area (Å²) in [6, 6.07) is 0. The molecule has 0 aromatic rings. The molecule has 1 atom stereocenters. The smallest absolute Gasteiger partial charge is 0.00206 e. The Hall–Kier alpha value is 0.310. The Morgan fingerprint density at radius 1 is 1.00 bits per heavy atom. The van der Waals surface area contributed by atoms with Gasteiger partial charge in [0.1, 0.15) is 0 Å². The molecule has 1 N–H and O–H groups in total. The number of hydrogen-bond donors (Lipinski definition) is 1. The SMILES string of the molecule is CCCCC(CC)CNCCCCCCSC. The molecular weight excluding hydrogens is 226 g/mol. The third kappa shape index (κ3) is 12.6. The molecule has 0 radical (unpaired) electrons. The summed E-state index contributed by atoms with van der Waals surface area (Å²) >= 11 is 1.97.